The summed E-state index contributed by atoms with van der Waals surface area (Å²) in [5, 5.41) is 24.4. The van der Waals surface area contributed by atoms with Crippen LogP contribution in [0.3, 0.4) is 0 Å². The van der Waals surface area contributed by atoms with Crippen LogP contribution in [0.4, 0.5) is 11.5 Å². The van der Waals surface area contributed by atoms with Crippen LogP contribution < -0.4 is 4.90 Å². The smallest absolute Gasteiger partial charge is 0.334 e. The number of carbonyl (C=O) groups is 1. The SMILES string of the molecule is CCc1nn(C)c(N2CCOC(C(=O)O)C2)c1[N+](=O)[O-]. The molecule has 1 atom stereocenters. The third-order valence-electron chi connectivity index (χ3n) is 3.22. The summed E-state index contributed by atoms with van der Waals surface area (Å²) >= 11 is 0. The molecule has 9 nitrogen and oxygen atoms in total. The molecular formula is C11H16N4O5. The second-order valence-electron chi connectivity index (χ2n) is 4.50. The van der Waals surface area contributed by atoms with Gasteiger partial charge in [0.15, 0.2) is 6.10 Å². The van der Waals surface area contributed by atoms with Crippen molar-refractivity contribution in [2.24, 2.45) is 7.05 Å². The number of aryl methyl sites for hydroxylation is 2. The van der Waals surface area contributed by atoms with E-state index in [0.29, 0.717) is 24.5 Å². The van der Waals surface area contributed by atoms with Crippen LogP contribution in [-0.2, 0) is 23.0 Å². The van der Waals surface area contributed by atoms with E-state index < -0.39 is 17.0 Å². The minimum Gasteiger partial charge on any atom is -0.479 e. The molecule has 1 aliphatic heterocycles. The molecule has 1 fully saturated rings. The number of nitro groups is 1. The molecule has 0 spiro atoms. The fraction of sp³-hybridized carbons (Fsp3) is 0.636. The number of aromatic nitrogens is 2. The van der Waals surface area contributed by atoms with Crippen molar-refractivity contribution in [2.75, 3.05) is 24.6 Å². The van der Waals surface area contributed by atoms with E-state index in [0.717, 1.165) is 0 Å². The number of morpholine rings is 1. The molecule has 9 heteroatoms. The molecule has 0 aliphatic carbocycles. The lowest BCUT2D eigenvalue weighted by molar-refractivity contribution is -0.384. The van der Waals surface area contributed by atoms with Gasteiger partial charge in [0.1, 0.15) is 5.69 Å². The van der Waals surface area contributed by atoms with Crippen LogP contribution in [0, 0.1) is 10.1 Å². The number of nitrogens with zero attached hydrogens (tertiary/aromatic N) is 4. The zero-order valence-corrected chi connectivity index (χ0v) is 11.3. The van der Waals surface area contributed by atoms with Crippen LogP contribution in [0.2, 0.25) is 0 Å². The molecule has 0 radical (unpaired) electrons. The van der Waals surface area contributed by atoms with Crippen LogP contribution in [0.15, 0.2) is 0 Å². The first-order chi connectivity index (χ1) is 9.45. The molecule has 0 bridgehead atoms. The number of rotatable bonds is 4. The Bertz CT molecular complexity index is 541. The summed E-state index contributed by atoms with van der Waals surface area (Å²) in [6.07, 6.45) is -0.542. The average Bonchev–Trinajstić information content (AvgIpc) is 2.75. The van der Waals surface area contributed by atoms with Crippen molar-refractivity contribution in [2.45, 2.75) is 19.4 Å². The van der Waals surface area contributed by atoms with E-state index in [2.05, 4.69) is 5.10 Å². The third kappa shape index (κ3) is 2.44. The zero-order valence-electron chi connectivity index (χ0n) is 11.3. The summed E-state index contributed by atoms with van der Waals surface area (Å²) in [7, 11) is 1.62. The number of aliphatic carboxylic acids is 1. The first kappa shape index (κ1) is 14.3. The fourth-order valence-corrected chi connectivity index (χ4v) is 2.33. The number of anilines is 1. The topological polar surface area (TPSA) is 111 Å². The van der Waals surface area contributed by atoms with E-state index in [9.17, 15) is 14.9 Å². The predicted octanol–water partition coefficient (Wildman–Crippen LogP) is 0.181. The maximum Gasteiger partial charge on any atom is 0.334 e. The summed E-state index contributed by atoms with van der Waals surface area (Å²) in [4.78, 5) is 23.4. The molecule has 1 N–H and O–H groups in total. The molecule has 1 aromatic heterocycles. The maximum atomic E-state index is 11.3. The van der Waals surface area contributed by atoms with Gasteiger partial charge in [0.2, 0.25) is 5.82 Å². The number of carboxylic acids is 1. The van der Waals surface area contributed by atoms with Crippen molar-refractivity contribution >= 4 is 17.5 Å². The highest BCUT2D eigenvalue weighted by atomic mass is 16.6. The predicted molar refractivity (Wildman–Crippen MR) is 68.8 cm³/mol. The van der Waals surface area contributed by atoms with Gasteiger partial charge in [-0.2, -0.15) is 5.10 Å². The molecule has 20 heavy (non-hydrogen) atoms. The van der Waals surface area contributed by atoms with Crippen LogP contribution >= 0.6 is 0 Å². The van der Waals surface area contributed by atoms with Gasteiger partial charge in [-0.1, -0.05) is 6.92 Å². The molecule has 110 valence electrons. The van der Waals surface area contributed by atoms with Crippen LogP contribution in [0.25, 0.3) is 0 Å². The molecule has 1 saturated heterocycles. The monoisotopic (exact) mass is 284 g/mol. The number of hydrogen-bond donors (Lipinski definition) is 1. The van der Waals surface area contributed by atoms with Gasteiger partial charge in [0.05, 0.1) is 18.1 Å². The summed E-state index contributed by atoms with van der Waals surface area (Å²) in [6.45, 7) is 2.46. The van der Waals surface area contributed by atoms with Crippen molar-refractivity contribution in [1.82, 2.24) is 9.78 Å². The minimum atomic E-state index is -1.07. The van der Waals surface area contributed by atoms with Gasteiger partial charge in [-0.05, 0) is 6.42 Å². The second kappa shape index (κ2) is 5.45. The highest BCUT2D eigenvalue weighted by Gasteiger charge is 2.34. The van der Waals surface area contributed by atoms with E-state index in [1.54, 1.807) is 18.9 Å². The first-order valence-electron chi connectivity index (χ1n) is 6.25. The third-order valence-corrected chi connectivity index (χ3v) is 3.22. The summed E-state index contributed by atoms with van der Waals surface area (Å²) < 4.78 is 6.56. The lowest BCUT2D eigenvalue weighted by Crippen LogP contribution is -2.46. The first-order valence-corrected chi connectivity index (χ1v) is 6.25. The van der Waals surface area contributed by atoms with Gasteiger partial charge >= 0.3 is 11.7 Å². The number of ether oxygens (including phenoxy) is 1. The summed E-state index contributed by atoms with van der Waals surface area (Å²) in [6, 6.07) is 0. The second-order valence-corrected chi connectivity index (χ2v) is 4.50. The van der Waals surface area contributed by atoms with Gasteiger partial charge in [0, 0.05) is 13.6 Å². The molecule has 2 rings (SSSR count). The van der Waals surface area contributed by atoms with Crippen molar-refractivity contribution in [3.05, 3.63) is 15.8 Å². The van der Waals surface area contributed by atoms with Crippen LogP contribution in [0.5, 0.6) is 0 Å². The highest BCUT2D eigenvalue weighted by Crippen LogP contribution is 2.32. The molecule has 0 saturated carbocycles. The van der Waals surface area contributed by atoms with Crippen LogP contribution in [0.1, 0.15) is 12.6 Å². The van der Waals surface area contributed by atoms with E-state index in [4.69, 9.17) is 9.84 Å². The van der Waals surface area contributed by atoms with Gasteiger partial charge in [-0.25, -0.2) is 9.48 Å². The van der Waals surface area contributed by atoms with Crippen molar-refractivity contribution in [1.29, 1.82) is 0 Å². The quantitative estimate of drug-likeness (QED) is 0.620. The van der Waals surface area contributed by atoms with Crippen molar-refractivity contribution in [3.8, 4) is 0 Å². The normalized spacial score (nSPS) is 19.1. The van der Waals surface area contributed by atoms with Gasteiger partial charge in [0.25, 0.3) is 0 Å². The molecule has 2 heterocycles. The van der Waals surface area contributed by atoms with Crippen LogP contribution in [-0.4, -0.2) is 51.6 Å². The Morgan fingerprint density at radius 1 is 1.65 bits per heavy atom. The highest BCUT2D eigenvalue weighted by molar-refractivity contribution is 5.74. The molecule has 1 unspecified atom stereocenters. The van der Waals surface area contributed by atoms with E-state index in [-0.39, 0.29) is 18.8 Å². The Hall–Kier alpha value is -2.16. The standard InChI is InChI=1S/C11H16N4O5/c1-3-7-9(15(18)19)10(13(2)12-7)14-4-5-20-8(6-14)11(16)17/h8H,3-6H2,1-2H3,(H,16,17). The molecule has 0 amide bonds. The zero-order chi connectivity index (χ0) is 14.9. The largest absolute Gasteiger partial charge is 0.479 e. The summed E-state index contributed by atoms with van der Waals surface area (Å²) in [5.41, 5.74) is 0.340. The molecule has 1 aromatic rings. The van der Waals surface area contributed by atoms with Crippen molar-refractivity contribution in [3.63, 3.8) is 0 Å². The van der Waals surface area contributed by atoms with E-state index in [1.165, 1.54) is 4.68 Å². The minimum absolute atomic E-state index is 0.0546. The van der Waals surface area contributed by atoms with Gasteiger partial charge < -0.3 is 14.7 Å². The Morgan fingerprint density at radius 2 is 2.35 bits per heavy atom. The Balaban J connectivity index is 2.39. The number of carboxylic acid groups (broad SMARTS) is 1. The van der Waals surface area contributed by atoms with Gasteiger partial charge in [-0.15, -0.1) is 0 Å². The van der Waals surface area contributed by atoms with Gasteiger partial charge in [-0.3, -0.25) is 10.1 Å². The fourth-order valence-electron chi connectivity index (χ4n) is 2.33. The molecule has 0 aromatic carbocycles. The molecular weight excluding hydrogens is 268 g/mol. The lowest BCUT2D eigenvalue weighted by atomic mass is 10.2. The molecule has 1 aliphatic rings. The average molecular weight is 284 g/mol. The van der Waals surface area contributed by atoms with E-state index in [1.807, 2.05) is 0 Å². The van der Waals surface area contributed by atoms with Crippen molar-refractivity contribution < 1.29 is 19.6 Å². The lowest BCUT2D eigenvalue weighted by Gasteiger charge is -2.31. The summed E-state index contributed by atoms with van der Waals surface area (Å²) in [5.74, 6) is -0.739. The van der Waals surface area contributed by atoms with E-state index >= 15 is 0 Å². The Morgan fingerprint density at radius 3 is 2.90 bits per heavy atom. The Labute approximate surface area is 114 Å². The number of hydrogen-bond acceptors (Lipinski definition) is 6. The Kier molecular flexibility index (Phi) is 3.89. The maximum absolute atomic E-state index is 11.3.